The molecule has 0 aliphatic carbocycles. The van der Waals surface area contributed by atoms with E-state index in [2.05, 4.69) is 10.3 Å². The van der Waals surface area contributed by atoms with Crippen LogP contribution in [0.5, 0.6) is 0 Å². The molecule has 2 aromatic rings. The summed E-state index contributed by atoms with van der Waals surface area (Å²) in [6.45, 7) is 1.44. The van der Waals surface area contributed by atoms with Gasteiger partial charge >= 0.3 is 0 Å². The molecule has 2 heterocycles. The van der Waals surface area contributed by atoms with E-state index < -0.39 is 6.10 Å². The number of nitrogens with zero attached hydrogens (tertiary/aromatic N) is 1. The monoisotopic (exact) mass is 298 g/mol. The van der Waals surface area contributed by atoms with Crippen LogP contribution in [0, 0.1) is 6.92 Å². The Hall–Kier alpha value is -1.28. The predicted molar refractivity (Wildman–Crippen MR) is 75.6 cm³/mol. The van der Waals surface area contributed by atoms with Gasteiger partial charge in [-0.3, -0.25) is 4.79 Å². The van der Waals surface area contributed by atoms with Crippen LogP contribution in [0.25, 0.3) is 10.6 Å². The zero-order valence-corrected chi connectivity index (χ0v) is 11.9. The molecule has 0 spiro atoms. The molecule has 0 aliphatic heterocycles. The molecule has 0 aromatic carbocycles. The van der Waals surface area contributed by atoms with Crippen LogP contribution in [0.15, 0.2) is 16.8 Å². The zero-order valence-electron chi connectivity index (χ0n) is 10.3. The summed E-state index contributed by atoms with van der Waals surface area (Å²) < 4.78 is 0. The maximum Gasteiger partial charge on any atom is 0.263 e. The third kappa shape index (κ3) is 3.38. The molecule has 1 unspecified atom stereocenters. The van der Waals surface area contributed by atoms with Crippen molar-refractivity contribution in [3.63, 3.8) is 0 Å². The SMILES string of the molecule is Cc1nc(-c2ccsc2)sc1C(=O)NCC(O)CO. The fourth-order valence-electron chi connectivity index (χ4n) is 1.47. The zero-order chi connectivity index (χ0) is 13.8. The van der Waals surface area contributed by atoms with E-state index in [9.17, 15) is 9.90 Å². The molecule has 5 nitrogen and oxygen atoms in total. The third-order valence-electron chi connectivity index (χ3n) is 2.48. The largest absolute Gasteiger partial charge is 0.394 e. The first-order valence-electron chi connectivity index (χ1n) is 5.69. The number of hydrogen-bond donors (Lipinski definition) is 3. The van der Waals surface area contributed by atoms with Gasteiger partial charge in [-0.1, -0.05) is 0 Å². The molecule has 3 N–H and O–H groups in total. The summed E-state index contributed by atoms with van der Waals surface area (Å²) in [5.74, 6) is -0.274. The van der Waals surface area contributed by atoms with Gasteiger partial charge in [0.25, 0.3) is 5.91 Å². The van der Waals surface area contributed by atoms with Gasteiger partial charge in [0.15, 0.2) is 0 Å². The molecule has 0 saturated carbocycles. The van der Waals surface area contributed by atoms with Crippen molar-refractivity contribution in [3.05, 3.63) is 27.4 Å². The number of aliphatic hydroxyl groups excluding tert-OH is 2. The van der Waals surface area contributed by atoms with Crippen LogP contribution in [-0.4, -0.2) is 40.4 Å². The van der Waals surface area contributed by atoms with Gasteiger partial charge < -0.3 is 15.5 Å². The Labute approximate surface area is 118 Å². The second kappa shape index (κ2) is 6.25. The Balaban J connectivity index is 2.10. The van der Waals surface area contributed by atoms with Crippen LogP contribution in [0.4, 0.5) is 0 Å². The quantitative estimate of drug-likeness (QED) is 0.776. The van der Waals surface area contributed by atoms with Crippen LogP contribution < -0.4 is 5.32 Å². The lowest BCUT2D eigenvalue weighted by atomic mass is 10.3. The van der Waals surface area contributed by atoms with Crippen molar-refractivity contribution < 1.29 is 15.0 Å². The lowest BCUT2D eigenvalue weighted by Crippen LogP contribution is -2.33. The maximum absolute atomic E-state index is 11.9. The summed E-state index contributed by atoms with van der Waals surface area (Å²) in [7, 11) is 0. The second-order valence-electron chi connectivity index (χ2n) is 3.99. The van der Waals surface area contributed by atoms with E-state index in [4.69, 9.17) is 5.11 Å². The van der Waals surface area contributed by atoms with Crippen LogP contribution >= 0.6 is 22.7 Å². The summed E-state index contributed by atoms with van der Waals surface area (Å²) in [5, 5.41) is 25.2. The van der Waals surface area contributed by atoms with Crippen LogP contribution in [-0.2, 0) is 0 Å². The van der Waals surface area contributed by atoms with E-state index in [0.29, 0.717) is 10.6 Å². The predicted octanol–water partition coefficient (Wildman–Crippen LogP) is 1.26. The van der Waals surface area contributed by atoms with Crippen molar-refractivity contribution in [3.8, 4) is 10.6 Å². The molecule has 0 bridgehead atoms. The minimum absolute atomic E-state index is 0.0282. The molecule has 102 valence electrons. The van der Waals surface area contributed by atoms with Crippen LogP contribution in [0.3, 0.4) is 0 Å². The average molecular weight is 298 g/mol. The van der Waals surface area contributed by atoms with E-state index in [-0.39, 0.29) is 19.1 Å². The number of carbonyl (C=O) groups excluding carboxylic acids is 1. The Kier molecular flexibility index (Phi) is 4.65. The molecule has 2 rings (SSSR count). The first-order chi connectivity index (χ1) is 9.11. The standard InChI is InChI=1S/C12H14N2O3S2/c1-7-10(11(17)13-4-9(16)5-15)19-12(14-7)8-2-3-18-6-8/h2-3,6,9,15-16H,4-5H2,1H3,(H,13,17). The first kappa shape index (κ1) is 14.1. The van der Waals surface area contributed by atoms with Crippen molar-refractivity contribution in [2.45, 2.75) is 13.0 Å². The summed E-state index contributed by atoms with van der Waals surface area (Å²) in [6, 6.07) is 1.96. The highest BCUT2D eigenvalue weighted by Crippen LogP contribution is 2.29. The Morgan fingerprint density at radius 2 is 2.37 bits per heavy atom. The molecule has 0 saturated heterocycles. The van der Waals surface area contributed by atoms with Gasteiger partial charge in [0, 0.05) is 17.5 Å². The summed E-state index contributed by atoms with van der Waals surface area (Å²) in [5.41, 5.74) is 1.68. The number of aromatic nitrogens is 1. The fourth-order valence-corrected chi connectivity index (χ4v) is 3.17. The summed E-state index contributed by atoms with van der Waals surface area (Å²) in [6.07, 6.45) is -0.937. The van der Waals surface area contributed by atoms with Crippen LogP contribution in [0.1, 0.15) is 15.4 Å². The second-order valence-corrected chi connectivity index (χ2v) is 5.77. The fraction of sp³-hybridized carbons (Fsp3) is 0.333. The number of nitrogens with one attached hydrogen (secondary N) is 1. The highest BCUT2D eigenvalue weighted by atomic mass is 32.1. The molecule has 0 fully saturated rings. The maximum atomic E-state index is 11.9. The minimum atomic E-state index is -0.937. The third-order valence-corrected chi connectivity index (χ3v) is 4.37. The highest BCUT2D eigenvalue weighted by Gasteiger charge is 2.16. The Bertz CT molecular complexity index is 551. The number of hydrogen-bond acceptors (Lipinski definition) is 6. The van der Waals surface area contributed by atoms with Gasteiger partial charge in [0.05, 0.1) is 18.4 Å². The molecule has 1 amide bonds. The van der Waals surface area contributed by atoms with Crippen molar-refractivity contribution in [1.29, 1.82) is 0 Å². The number of thiophene rings is 1. The lowest BCUT2D eigenvalue weighted by Gasteiger charge is -2.07. The van der Waals surface area contributed by atoms with E-state index >= 15 is 0 Å². The number of thiazole rings is 1. The van der Waals surface area contributed by atoms with E-state index in [1.165, 1.54) is 11.3 Å². The van der Waals surface area contributed by atoms with Crippen molar-refractivity contribution in [2.75, 3.05) is 13.2 Å². The van der Waals surface area contributed by atoms with Gasteiger partial charge in [0.1, 0.15) is 9.88 Å². The molecule has 1 atom stereocenters. The molecule has 19 heavy (non-hydrogen) atoms. The van der Waals surface area contributed by atoms with Gasteiger partial charge in [0.2, 0.25) is 0 Å². The number of amides is 1. The number of rotatable bonds is 5. The van der Waals surface area contributed by atoms with Crippen molar-refractivity contribution in [2.24, 2.45) is 0 Å². The average Bonchev–Trinajstić information content (AvgIpc) is 3.04. The van der Waals surface area contributed by atoms with E-state index in [1.807, 2.05) is 16.8 Å². The highest BCUT2D eigenvalue weighted by molar-refractivity contribution is 7.17. The molecule has 0 radical (unpaired) electrons. The summed E-state index contributed by atoms with van der Waals surface area (Å²) >= 11 is 2.90. The number of carbonyl (C=O) groups is 1. The molecule has 2 aromatic heterocycles. The van der Waals surface area contributed by atoms with Gasteiger partial charge in [-0.2, -0.15) is 11.3 Å². The first-order valence-corrected chi connectivity index (χ1v) is 7.45. The van der Waals surface area contributed by atoms with Crippen LogP contribution in [0.2, 0.25) is 0 Å². The number of aliphatic hydroxyl groups is 2. The molecule has 0 aliphatic rings. The van der Waals surface area contributed by atoms with Gasteiger partial charge in [-0.15, -0.1) is 11.3 Å². The van der Waals surface area contributed by atoms with Crippen molar-refractivity contribution in [1.82, 2.24) is 10.3 Å². The smallest absolute Gasteiger partial charge is 0.263 e. The molecular weight excluding hydrogens is 284 g/mol. The van der Waals surface area contributed by atoms with E-state index in [0.717, 1.165) is 10.6 Å². The van der Waals surface area contributed by atoms with Gasteiger partial charge in [-0.25, -0.2) is 4.98 Å². The van der Waals surface area contributed by atoms with Crippen molar-refractivity contribution >= 4 is 28.6 Å². The Morgan fingerprint density at radius 1 is 1.58 bits per heavy atom. The van der Waals surface area contributed by atoms with Gasteiger partial charge in [-0.05, 0) is 18.4 Å². The van der Waals surface area contributed by atoms with E-state index in [1.54, 1.807) is 18.3 Å². The topological polar surface area (TPSA) is 82.5 Å². The Morgan fingerprint density at radius 3 is 3.00 bits per heavy atom. The minimum Gasteiger partial charge on any atom is -0.394 e. The molecule has 7 heteroatoms. The summed E-state index contributed by atoms with van der Waals surface area (Å²) in [4.78, 5) is 16.8. The normalized spacial score (nSPS) is 12.4. The number of aryl methyl sites for hydroxylation is 1. The lowest BCUT2D eigenvalue weighted by molar-refractivity contribution is 0.0804. The molecular formula is C12H14N2O3S2.